The Morgan fingerprint density at radius 1 is 0.927 bits per heavy atom. The van der Waals surface area contributed by atoms with E-state index in [-0.39, 0.29) is 17.7 Å². The Balaban J connectivity index is 1.04. The number of piperidine rings is 2. The van der Waals surface area contributed by atoms with Gasteiger partial charge in [0, 0.05) is 60.6 Å². The number of carbonyl (C=O) groups excluding carboxylic acids is 3. The fourth-order valence-electron chi connectivity index (χ4n) is 6.85. The molecule has 2 amide bonds. The fourth-order valence-corrected chi connectivity index (χ4v) is 6.85. The number of nitrogens with two attached hydrogens (primary N) is 1. The number of primary amides is 1. The summed E-state index contributed by atoms with van der Waals surface area (Å²) in [4.78, 5) is 47.4. The second-order valence-electron chi connectivity index (χ2n) is 12.4. The Labute approximate surface area is 242 Å². The molecule has 4 aliphatic rings. The van der Waals surface area contributed by atoms with Gasteiger partial charge >= 0.3 is 0 Å². The highest BCUT2D eigenvalue weighted by Gasteiger charge is 2.42. The van der Waals surface area contributed by atoms with Crippen LogP contribution in [0.15, 0.2) is 36.5 Å². The quantitative estimate of drug-likeness (QED) is 0.357. The maximum absolute atomic E-state index is 13.2. The SMILES string of the molecule is NC(=O)c1ccc(C(=O)N[C@H]2C[C@H]3CC[C@@H](C2)N3c2ccc(C(=O)CCN3CCCCC3)cn2)cc1NCC1CC1. The molecule has 3 saturated heterocycles. The predicted molar refractivity (Wildman–Crippen MR) is 159 cm³/mol. The molecule has 2 bridgehead atoms. The standard InChI is InChI=1S/C32H42N6O3/c33-31(40)27-10-6-22(16-28(27)34-19-21-4-5-21)32(41)36-24-17-25-8-9-26(18-24)38(25)30-11-7-23(20-35-30)29(39)12-15-37-13-2-1-3-14-37/h6-7,10-11,16,20-21,24-26,34H,1-5,8-9,12-15,17-19H2,(H2,33,40)(H,36,41)/t24-,25+,26-. The zero-order valence-corrected chi connectivity index (χ0v) is 23.8. The highest BCUT2D eigenvalue weighted by Crippen LogP contribution is 2.39. The summed E-state index contributed by atoms with van der Waals surface area (Å²) in [5, 5.41) is 6.57. The van der Waals surface area contributed by atoms with Gasteiger partial charge in [0.05, 0.1) is 5.56 Å². The lowest BCUT2D eigenvalue weighted by Gasteiger charge is -2.40. The van der Waals surface area contributed by atoms with Crippen LogP contribution >= 0.6 is 0 Å². The van der Waals surface area contributed by atoms with Crippen LogP contribution in [-0.4, -0.2) is 71.8 Å². The minimum atomic E-state index is -0.498. The summed E-state index contributed by atoms with van der Waals surface area (Å²) < 4.78 is 0. The Hall–Kier alpha value is -3.46. The van der Waals surface area contributed by atoms with E-state index in [1.165, 1.54) is 32.1 Å². The zero-order valence-electron chi connectivity index (χ0n) is 23.8. The van der Waals surface area contributed by atoms with Crippen LogP contribution in [0.5, 0.6) is 0 Å². The predicted octanol–water partition coefficient (Wildman–Crippen LogP) is 3.99. The van der Waals surface area contributed by atoms with Gasteiger partial charge in [-0.1, -0.05) is 6.42 Å². The molecule has 1 aliphatic carbocycles. The number of nitrogens with zero attached hydrogens (tertiary/aromatic N) is 3. The van der Waals surface area contributed by atoms with Crippen molar-refractivity contribution in [3.63, 3.8) is 0 Å². The molecule has 9 nitrogen and oxygen atoms in total. The Morgan fingerprint density at radius 3 is 2.32 bits per heavy atom. The van der Waals surface area contributed by atoms with E-state index in [1.807, 2.05) is 12.1 Å². The molecular formula is C32H42N6O3. The van der Waals surface area contributed by atoms with Crippen LogP contribution in [0.3, 0.4) is 0 Å². The van der Waals surface area contributed by atoms with E-state index in [1.54, 1.807) is 24.4 Å². The van der Waals surface area contributed by atoms with Gasteiger partial charge in [-0.2, -0.15) is 0 Å². The minimum absolute atomic E-state index is 0.0746. The Bertz CT molecular complexity index is 1260. The molecule has 3 aliphatic heterocycles. The lowest BCUT2D eigenvalue weighted by molar-refractivity contribution is 0.0924. The van der Waals surface area contributed by atoms with E-state index >= 15 is 0 Å². The molecule has 0 radical (unpaired) electrons. The summed E-state index contributed by atoms with van der Waals surface area (Å²) in [6.07, 6.45) is 12.3. The number of ketones is 1. The number of carbonyl (C=O) groups is 3. The molecule has 1 aromatic heterocycles. The third kappa shape index (κ3) is 6.56. The van der Waals surface area contributed by atoms with E-state index < -0.39 is 5.91 Å². The molecule has 2 aromatic rings. The number of Topliss-reactive ketones (excluding diaryl/α,β-unsaturated/α-hetero) is 1. The Morgan fingerprint density at radius 2 is 1.66 bits per heavy atom. The maximum Gasteiger partial charge on any atom is 0.251 e. The van der Waals surface area contributed by atoms with Crippen molar-refractivity contribution >= 4 is 29.1 Å². The van der Waals surface area contributed by atoms with Gasteiger partial charge in [0.1, 0.15) is 5.82 Å². The van der Waals surface area contributed by atoms with Crippen LogP contribution in [0, 0.1) is 5.92 Å². The second kappa shape index (κ2) is 12.2. The van der Waals surface area contributed by atoms with Crippen molar-refractivity contribution in [2.45, 2.75) is 82.3 Å². The topological polar surface area (TPSA) is 121 Å². The van der Waals surface area contributed by atoms with Gasteiger partial charge in [-0.15, -0.1) is 0 Å². The zero-order chi connectivity index (χ0) is 28.3. The van der Waals surface area contributed by atoms with Gasteiger partial charge in [-0.25, -0.2) is 4.98 Å². The molecule has 218 valence electrons. The number of nitrogens with one attached hydrogen (secondary N) is 2. The molecule has 4 heterocycles. The number of fused-ring (bicyclic) bond motifs is 2. The summed E-state index contributed by atoms with van der Waals surface area (Å²) in [6, 6.07) is 9.69. The molecule has 4 fully saturated rings. The first-order chi connectivity index (χ1) is 19.9. The monoisotopic (exact) mass is 558 g/mol. The largest absolute Gasteiger partial charge is 0.384 e. The second-order valence-corrected chi connectivity index (χ2v) is 12.4. The van der Waals surface area contributed by atoms with Crippen LogP contribution in [0.4, 0.5) is 11.5 Å². The molecule has 3 atom stereocenters. The molecule has 0 unspecified atom stereocenters. The first-order valence-electron chi connectivity index (χ1n) is 15.4. The molecule has 41 heavy (non-hydrogen) atoms. The number of aromatic nitrogens is 1. The van der Waals surface area contributed by atoms with Crippen molar-refractivity contribution in [1.82, 2.24) is 15.2 Å². The number of pyridine rings is 1. The first-order valence-corrected chi connectivity index (χ1v) is 15.4. The molecule has 4 N–H and O–H groups in total. The number of hydrogen-bond acceptors (Lipinski definition) is 7. The van der Waals surface area contributed by atoms with Gasteiger partial charge < -0.3 is 26.2 Å². The number of hydrogen-bond donors (Lipinski definition) is 3. The van der Waals surface area contributed by atoms with E-state index in [0.717, 1.165) is 57.7 Å². The van der Waals surface area contributed by atoms with E-state index in [4.69, 9.17) is 10.7 Å². The van der Waals surface area contributed by atoms with E-state index in [0.29, 0.717) is 46.8 Å². The molecule has 1 saturated carbocycles. The third-order valence-electron chi connectivity index (χ3n) is 9.33. The summed E-state index contributed by atoms with van der Waals surface area (Å²) >= 11 is 0. The first kappa shape index (κ1) is 27.7. The van der Waals surface area contributed by atoms with Crippen LogP contribution in [0.1, 0.15) is 95.3 Å². The van der Waals surface area contributed by atoms with Crippen molar-refractivity contribution in [2.75, 3.05) is 36.4 Å². The van der Waals surface area contributed by atoms with Gasteiger partial charge in [0.2, 0.25) is 0 Å². The van der Waals surface area contributed by atoms with Gasteiger partial charge in [0.25, 0.3) is 11.8 Å². The molecule has 0 spiro atoms. The van der Waals surface area contributed by atoms with Crippen LogP contribution in [-0.2, 0) is 0 Å². The lowest BCUT2D eigenvalue weighted by atomic mass is 9.96. The van der Waals surface area contributed by atoms with Crippen LogP contribution < -0.4 is 21.3 Å². The highest BCUT2D eigenvalue weighted by atomic mass is 16.2. The highest BCUT2D eigenvalue weighted by molar-refractivity contribution is 6.02. The smallest absolute Gasteiger partial charge is 0.251 e. The summed E-state index contributed by atoms with van der Waals surface area (Å²) in [7, 11) is 0. The third-order valence-corrected chi connectivity index (χ3v) is 9.33. The average molecular weight is 559 g/mol. The Kier molecular flexibility index (Phi) is 8.23. The lowest BCUT2D eigenvalue weighted by Crippen LogP contribution is -2.50. The molecular weight excluding hydrogens is 516 g/mol. The van der Waals surface area contributed by atoms with Crippen LogP contribution in [0.25, 0.3) is 0 Å². The minimum Gasteiger partial charge on any atom is -0.384 e. The van der Waals surface area contributed by atoms with Crippen LogP contribution in [0.2, 0.25) is 0 Å². The number of amides is 2. The van der Waals surface area contributed by atoms with Gasteiger partial charge in [0.15, 0.2) is 5.78 Å². The average Bonchev–Trinajstić information content (AvgIpc) is 3.78. The van der Waals surface area contributed by atoms with Crippen molar-refractivity contribution in [1.29, 1.82) is 0 Å². The van der Waals surface area contributed by atoms with Gasteiger partial charge in [-0.3, -0.25) is 14.4 Å². The number of anilines is 2. The number of benzene rings is 1. The fraction of sp³-hybridized carbons (Fsp3) is 0.562. The van der Waals surface area contributed by atoms with Crippen molar-refractivity contribution < 1.29 is 14.4 Å². The van der Waals surface area contributed by atoms with Crippen molar-refractivity contribution in [3.05, 3.63) is 53.2 Å². The van der Waals surface area contributed by atoms with E-state index in [9.17, 15) is 14.4 Å². The number of likely N-dealkylation sites (tertiary alicyclic amines) is 1. The normalized spacial score (nSPS) is 24.2. The summed E-state index contributed by atoms with van der Waals surface area (Å²) in [5.74, 6) is 1.09. The van der Waals surface area contributed by atoms with Crippen molar-refractivity contribution in [2.24, 2.45) is 11.7 Å². The number of rotatable bonds is 11. The van der Waals surface area contributed by atoms with Crippen molar-refractivity contribution in [3.8, 4) is 0 Å². The molecule has 1 aromatic carbocycles. The maximum atomic E-state index is 13.2. The molecule has 6 rings (SSSR count). The summed E-state index contributed by atoms with van der Waals surface area (Å²) in [5.41, 5.74) is 7.83. The summed E-state index contributed by atoms with van der Waals surface area (Å²) in [6.45, 7) is 3.82. The van der Waals surface area contributed by atoms with Gasteiger partial charge in [-0.05, 0) is 101 Å². The molecule has 9 heteroatoms. The van der Waals surface area contributed by atoms with E-state index in [2.05, 4.69) is 20.4 Å².